The molecule has 0 N–H and O–H groups in total. The van der Waals surface area contributed by atoms with Crippen molar-refractivity contribution in [1.82, 2.24) is 14.7 Å². The van der Waals surface area contributed by atoms with Gasteiger partial charge in [0.15, 0.2) is 0 Å². The van der Waals surface area contributed by atoms with Gasteiger partial charge in [-0.15, -0.1) is 0 Å². The lowest BCUT2D eigenvalue weighted by Crippen LogP contribution is -2.45. The monoisotopic (exact) mass is 377 g/mol. The van der Waals surface area contributed by atoms with Gasteiger partial charge in [-0.25, -0.2) is 0 Å². The molecule has 27 heavy (non-hydrogen) atoms. The Morgan fingerprint density at radius 1 is 0.778 bits per heavy atom. The van der Waals surface area contributed by atoms with Gasteiger partial charge in [0.2, 0.25) is 11.8 Å². The predicted molar refractivity (Wildman–Crippen MR) is 108 cm³/mol. The topological polar surface area (TPSA) is 43.9 Å². The summed E-state index contributed by atoms with van der Waals surface area (Å²) in [7, 11) is 0. The first-order valence-electron chi connectivity index (χ1n) is 11.5. The van der Waals surface area contributed by atoms with Crippen LogP contribution in [-0.4, -0.2) is 72.3 Å². The average molecular weight is 378 g/mol. The Morgan fingerprint density at radius 3 is 2.22 bits per heavy atom. The van der Waals surface area contributed by atoms with Crippen molar-refractivity contribution in [2.75, 3.05) is 45.8 Å². The van der Waals surface area contributed by atoms with Gasteiger partial charge in [-0.1, -0.05) is 26.2 Å². The number of hydrogen-bond acceptors (Lipinski definition) is 3. The van der Waals surface area contributed by atoms with E-state index in [1.807, 2.05) is 11.8 Å². The van der Waals surface area contributed by atoms with Crippen LogP contribution in [0.2, 0.25) is 0 Å². The molecule has 0 atom stereocenters. The van der Waals surface area contributed by atoms with Crippen LogP contribution in [0.1, 0.15) is 71.1 Å². The second kappa shape index (κ2) is 10.4. The van der Waals surface area contributed by atoms with Gasteiger partial charge in [-0.2, -0.15) is 0 Å². The number of hydrogen-bond donors (Lipinski definition) is 0. The molecule has 2 saturated heterocycles. The van der Waals surface area contributed by atoms with Crippen LogP contribution < -0.4 is 0 Å². The van der Waals surface area contributed by atoms with Crippen molar-refractivity contribution < 1.29 is 9.59 Å². The van der Waals surface area contributed by atoms with Gasteiger partial charge in [0.05, 0.1) is 0 Å². The van der Waals surface area contributed by atoms with Crippen LogP contribution >= 0.6 is 0 Å². The van der Waals surface area contributed by atoms with Gasteiger partial charge in [0.1, 0.15) is 0 Å². The highest BCUT2D eigenvalue weighted by atomic mass is 16.2. The lowest BCUT2D eigenvalue weighted by Gasteiger charge is -2.34. The van der Waals surface area contributed by atoms with E-state index in [0.717, 1.165) is 70.9 Å². The molecule has 154 valence electrons. The zero-order valence-corrected chi connectivity index (χ0v) is 17.3. The molecule has 0 bridgehead atoms. The van der Waals surface area contributed by atoms with E-state index in [1.54, 1.807) is 0 Å². The standard InChI is InChI=1S/C22H39N3O2/c1-2-7-21(26)24-14-10-20(11-15-24)22(27)25-13-6-12-23(16-17-25)18-19-8-4-3-5-9-19/h19-20H,2-18H2,1H3. The largest absolute Gasteiger partial charge is 0.343 e. The van der Waals surface area contributed by atoms with E-state index in [0.29, 0.717) is 12.3 Å². The predicted octanol–water partition coefficient (Wildman–Crippen LogP) is 3.14. The van der Waals surface area contributed by atoms with Gasteiger partial charge >= 0.3 is 0 Å². The molecular weight excluding hydrogens is 338 g/mol. The van der Waals surface area contributed by atoms with E-state index >= 15 is 0 Å². The number of rotatable bonds is 5. The fourth-order valence-electron chi connectivity index (χ4n) is 5.11. The maximum atomic E-state index is 13.0. The number of carbonyl (C=O) groups is 2. The van der Waals surface area contributed by atoms with Gasteiger partial charge in [-0.05, 0) is 51.0 Å². The third kappa shape index (κ3) is 5.94. The molecule has 5 heteroatoms. The highest BCUT2D eigenvalue weighted by Gasteiger charge is 2.31. The molecule has 0 radical (unpaired) electrons. The van der Waals surface area contributed by atoms with Crippen LogP contribution in [0.15, 0.2) is 0 Å². The molecule has 2 heterocycles. The Bertz CT molecular complexity index is 482. The SMILES string of the molecule is CCCC(=O)N1CCC(C(=O)N2CCCN(CC3CCCCC3)CC2)CC1. The van der Waals surface area contributed by atoms with Crippen molar-refractivity contribution in [3.05, 3.63) is 0 Å². The molecule has 1 saturated carbocycles. The number of piperidine rings is 1. The number of nitrogens with zero attached hydrogens (tertiary/aromatic N) is 3. The molecule has 0 aromatic heterocycles. The zero-order chi connectivity index (χ0) is 19.1. The summed E-state index contributed by atoms with van der Waals surface area (Å²) >= 11 is 0. The second-order valence-corrected chi connectivity index (χ2v) is 8.89. The van der Waals surface area contributed by atoms with Gasteiger partial charge in [-0.3, -0.25) is 9.59 Å². The molecule has 3 fully saturated rings. The molecule has 0 aromatic carbocycles. The van der Waals surface area contributed by atoms with Crippen LogP contribution in [0, 0.1) is 11.8 Å². The van der Waals surface area contributed by atoms with E-state index in [4.69, 9.17) is 0 Å². The number of amides is 2. The number of likely N-dealkylation sites (tertiary alicyclic amines) is 1. The van der Waals surface area contributed by atoms with Crippen molar-refractivity contribution >= 4 is 11.8 Å². The fraction of sp³-hybridized carbons (Fsp3) is 0.909. The molecular formula is C22H39N3O2. The third-order valence-electron chi connectivity index (χ3n) is 6.80. The molecule has 3 rings (SSSR count). The lowest BCUT2D eigenvalue weighted by molar-refractivity contribution is -0.140. The molecule has 1 aliphatic carbocycles. The maximum absolute atomic E-state index is 13.0. The van der Waals surface area contributed by atoms with E-state index < -0.39 is 0 Å². The summed E-state index contributed by atoms with van der Waals surface area (Å²) in [6.45, 7) is 8.79. The van der Waals surface area contributed by atoms with Crippen LogP contribution in [0.4, 0.5) is 0 Å². The normalized spacial score (nSPS) is 24.0. The first-order chi connectivity index (χ1) is 13.2. The first-order valence-corrected chi connectivity index (χ1v) is 11.5. The Balaban J connectivity index is 1.42. The lowest BCUT2D eigenvalue weighted by atomic mass is 9.89. The van der Waals surface area contributed by atoms with Crippen molar-refractivity contribution in [3.63, 3.8) is 0 Å². The summed E-state index contributed by atoms with van der Waals surface area (Å²) in [5, 5.41) is 0. The fourth-order valence-corrected chi connectivity index (χ4v) is 5.11. The summed E-state index contributed by atoms with van der Waals surface area (Å²) in [6, 6.07) is 0. The minimum Gasteiger partial charge on any atom is -0.343 e. The minimum absolute atomic E-state index is 0.126. The van der Waals surface area contributed by atoms with E-state index in [1.165, 1.54) is 38.6 Å². The van der Waals surface area contributed by atoms with Crippen molar-refractivity contribution in [2.45, 2.75) is 71.1 Å². The molecule has 0 unspecified atom stereocenters. The summed E-state index contributed by atoms with van der Waals surface area (Å²) in [5.41, 5.74) is 0. The summed E-state index contributed by atoms with van der Waals surface area (Å²) < 4.78 is 0. The Hall–Kier alpha value is -1.10. The second-order valence-electron chi connectivity index (χ2n) is 8.89. The van der Waals surface area contributed by atoms with Crippen molar-refractivity contribution in [1.29, 1.82) is 0 Å². The molecule has 5 nitrogen and oxygen atoms in total. The molecule has 2 aliphatic heterocycles. The Morgan fingerprint density at radius 2 is 1.52 bits per heavy atom. The van der Waals surface area contributed by atoms with Crippen molar-refractivity contribution in [3.8, 4) is 0 Å². The highest BCUT2D eigenvalue weighted by molar-refractivity contribution is 5.80. The van der Waals surface area contributed by atoms with Crippen molar-refractivity contribution in [2.24, 2.45) is 11.8 Å². The smallest absolute Gasteiger partial charge is 0.225 e. The minimum atomic E-state index is 0.126. The van der Waals surface area contributed by atoms with Gasteiger partial charge < -0.3 is 14.7 Å². The van der Waals surface area contributed by atoms with Crippen LogP contribution in [0.3, 0.4) is 0 Å². The third-order valence-corrected chi connectivity index (χ3v) is 6.80. The first kappa shape index (κ1) is 20.6. The van der Waals surface area contributed by atoms with E-state index in [9.17, 15) is 9.59 Å². The molecule has 2 amide bonds. The van der Waals surface area contributed by atoms with E-state index in [-0.39, 0.29) is 11.8 Å². The number of carbonyl (C=O) groups excluding carboxylic acids is 2. The van der Waals surface area contributed by atoms with Crippen LogP contribution in [0.25, 0.3) is 0 Å². The summed E-state index contributed by atoms with van der Waals surface area (Å²) in [5.74, 6) is 1.61. The van der Waals surface area contributed by atoms with Crippen LogP contribution in [0.5, 0.6) is 0 Å². The highest BCUT2D eigenvalue weighted by Crippen LogP contribution is 2.25. The van der Waals surface area contributed by atoms with Gasteiger partial charge in [0.25, 0.3) is 0 Å². The van der Waals surface area contributed by atoms with Crippen LogP contribution in [-0.2, 0) is 9.59 Å². The maximum Gasteiger partial charge on any atom is 0.225 e. The summed E-state index contributed by atoms with van der Waals surface area (Å²) in [6.07, 6.45) is 11.4. The molecule has 3 aliphatic rings. The average Bonchev–Trinajstić information content (AvgIpc) is 2.94. The van der Waals surface area contributed by atoms with Gasteiger partial charge in [0, 0.05) is 51.6 Å². The summed E-state index contributed by atoms with van der Waals surface area (Å²) in [4.78, 5) is 31.7. The Kier molecular flexibility index (Phi) is 7.98. The van der Waals surface area contributed by atoms with E-state index in [2.05, 4.69) is 9.80 Å². The quantitative estimate of drug-likeness (QED) is 0.739. The Labute approximate surface area is 165 Å². The molecule has 0 spiro atoms. The molecule has 0 aromatic rings. The zero-order valence-electron chi connectivity index (χ0n) is 17.3.